The number of hydrogen-bond donors (Lipinski definition) is 1. The second-order valence-corrected chi connectivity index (χ2v) is 4.50. The molecule has 0 aliphatic heterocycles. The highest BCUT2D eigenvalue weighted by molar-refractivity contribution is 5.33. The molecule has 0 saturated heterocycles. The summed E-state index contributed by atoms with van der Waals surface area (Å²) in [4.78, 5) is 0. The van der Waals surface area contributed by atoms with E-state index in [2.05, 4.69) is 25.2 Å². The number of hydrogen-bond acceptors (Lipinski definition) is 3. The Bertz CT molecular complexity index is 326. The SMILES string of the molecule is COC[C@@H](NCc1ccccc1OC)C(C)C. The van der Waals surface area contributed by atoms with Crippen LogP contribution in [-0.4, -0.2) is 26.9 Å². The fourth-order valence-corrected chi connectivity index (χ4v) is 1.76. The molecule has 0 heterocycles. The van der Waals surface area contributed by atoms with Gasteiger partial charge in [-0.15, -0.1) is 0 Å². The van der Waals surface area contributed by atoms with E-state index in [1.165, 1.54) is 5.56 Å². The zero-order chi connectivity index (χ0) is 12.7. The van der Waals surface area contributed by atoms with Crippen molar-refractivity contribution in [2.45, 2.75) is 26.4 Å². The van der Waals surface area contributed by atoms with Crippen LogP contribution in [0.3, 0.4) is 0 Å². The number of rotatable bonds is 7. The van der Waals surface area contributed by atoms with E-state index in [-0.39, 0.29) is 0 Å². The molecule has 0 spiro atoms. The van der Waals surface area contributed by atoms with Gasteiger partial charge in [0.1, 0.15) is 5.75 Å². The van der Waals surface area contributed by atoms with Gasteiger partial charge in [-0.2, -0.15) is 0 Å². The van der Waals surface area contributed by atoms with Crippen LogP contribution in [0.15, 0.2) is 24.3 Å². The largest absolute Gasteiger partial charge is 0.496 e. The average Bonchev–Trinajstić information content (AvgIpc) is 2.34. The van der Waals surface area contributed by atoms with Crippen molar-refractivity contribution in [2.75, 3.05) is 20.8 Å². The van der Waals surface area contributed by atoms with E-state index in [1.54, 1.807) is 14.2 Å². The minimum atomic E-state index is 0.366. The van der Waals surface area contributed by atoms with Crippen molar-refractivity contribution < 1.29 is 9.47 Å². The lowest BCUT2D eigenvalue weighted by atomic mass is 10.0. The van der Waals surface area contributed by atoms with E-state index in [4.69, 9.17) is 9.47 Å². The maximum Gasteiger partial charge on any atom is 0.123 e. The monoisotopic (exact) mass is 237 g/mol. The molecule has 0 saturated carbocycles. The molecule has 3 heteroatoms. The topological polar surface area (TPSA) is 30.5 Å². The fourth-order valence-electron chi connectivity index (χ4n) is 1.76. The van der Waals surface area contributed by atoms with Gasteiger partial charge in [-0.3, -0.25) is 0 Å². The first-order valence-corrected chi connectivity index (χ1v) is 6.03. The van der Waals surface area contributed by atoms with Crippen LogP contribution in [0, 0.1) is 5.92 Å². The van der Waals surface area contributed by atoms with E-state index in [0.29, 0.717) is 12.0 Å². The van der Waals surface area contributed by atoms with Gasteiger partial charge in [0, 0.05) is 25.3 Å². The Morgan fingerprint density at radius 1 is 1.18 bits per heavy atom. The summed E-state index contributed by atoms with van der Waals surface area (Å²) in [6.07, 6.45) is 0. The summed E-state index contributed by atoms with van der Waals surface area (Å²) in [5.41, 5.74) is 1.18. The molecule has 1 rings (SSSR count). The number of ether oxygens (including phenoxy) is 2. The maximum atomic E-state index is 5.33. The highest BCUT2D eigenvalue weighted by Gasteiger charge is 2.13. The Balaban J connectivity index is 2.58. The molecular weight excluding hydrogens is 214 g/mol. The summed E-state index contributed by atoms with van der Waals surface area (Å²) in [6, 6.07) is 8.44. The minimum absolute atomic E-state index is 0.366. The average molecular weight is 237 g/mol. The zero-order valence-corrected chi connectivity index (χ0v) is 11.2. The van der Waals surface area contributed by atoms with Gasteiger partial charge < -0.3 is 14.8 Å². The van der Waals surface area contributed by atoms with Gasteiger partial charge in [0.05, 0.1) is 13.7 Å². The summed E-state index contributed by atoms with van der Waals surface area (Å²) in [6.45, 7) is 5.92. The van der Waals surface area contributed by atoms with Crippen molar-refractivity contribution in [3.8, 4) is 5.75 Å². The summed E-state index contributed by atoms with van der Waals surface area (Å²) in [7, 11) is 3.44. The van der Waals surface area contributed by atoms with Crippen LogP contribution < -0.4 is 10.1 Å². The van der Waals surface area contributed by atoms with Crippen LogP contribution in [0.1, 0.15) is 19.4 Å². The van der Waals surface area contributed by atoms with Gasteiger partial charge >= 0.3 is 0 Å². The zero-order valence-electron chi connectivity index (χ0n) is 11.2. The lowest BCUT2D eigenvalue weighted by Crippen LogP contribution is -2.37. The third-order valence-corrected chi connectivity index (χ3v) is 2.90. The van der Waals surface area contributed by atoms with E-state index >= 15 is 0 Å². The Kier molecular flexibility index (Phi) is 6.01. The highest BCUT2D eigenvalue weighted by Crippen LogP contribution is 2.17. The predicted molar refractivity (Wildman–Crippen MR) is 70.3 cm³/mol. The second kappa shape index (κ2) is 7.30. The number of nitrogens with one attached hydrogen (secondary N) is 1. The van der Waals surface area contributed by atoms with Crippen LogP contribution in [0.2, 0.25) is 0 Å². The lowest BCUT2D eigenvalue weighted by Gasteiger charge is -2.22. The van der Waals surface area contributed by atoms with Gasteiger partial charge in [-0.1, -0.05) is 32.0 Å². The standard InChI is InChI=1S/C14H23NO2/c1-11(2)13(10-16-3)15-9-12-7-5-6-8-14(12)17-4/h5-8,11,13,15H,9-10H2,1-4H3/t13-/m1/s1. The maximum absolute atomic E-state index is 5.33. The first-order valence-electron chi connectivity index (χ1n) is 6.03. The Labute approximate surface area is 104 Å². The van der Waals surface area contributed by atoms with Gasteiger partial charge in [0.2, 0.25) is 0 Å². The van der Waals surface area contributed by atoms with Crippen LogP contribution in [0.5, 0.6) is 5.75 Å². The number of para-hydroxylation sites is 1. The Morgan fingerprint density at radius 3 is 2.47 bits per heavy atom. The lowest BCUT2D eigenvalue weighted by molar-refractivity contribution is 0.146. The van der Waals surface area contributed by atoms with Crippen molar-refractivity contribution in [2.24, 2.45) is 5.92 Å². The van der Waals surface area contributed by atoms with Gasteiger partial charge in [0.15, 0.2) is 0 Å². The minimum Gasteiger partial charge on any atom is -0.496 e. The molecule has 17 heavy (non-hydrogen) atoms. The molecular formula is C14H23NO2. The number of benzene rings is 1. The van der Waals surface area contributed by atoms with Crippen LogP contribution >= 0.6 is 0 Å². The van der Waals surface area contributed by atoms with E-state index < -0.39 is 0 Å². The van der Waals surface area contributed by atoms with Crippen molar-refractivity contribution in [1.82, 2.24) is 5.32 Å². The molecule has 0 aromatic heterocycles. The van der Waals surface area contributed by atoms with E-state index in [9.17, 15) is 0 Å². The fraction of sp³-hybridized carbons (Fsp3) is 0.571. The number of methoxy groups -OCH3 is 2. The molecule has 0 bridgehead atoms. The molecule has 0 unspecified atom stereocenters. The summed E-state index contributed by atoms with van der Waals surface area (Å²) in [5.74, 6) is 1.48. The first-order chi connectivity index (χ1) is 8.19. The molecule has 1 N–H and O–H groups in total. The summed E-state index contributed by atoms with van der Waals surface area (Å²) in [5, 5.41) is 3.51. The molecule has 0 radical (unpaired) electrons. The van der Waals surface area contributed by atoms with Gasteiger partial charge in [-0.25, -0.2) is 0 Å². The van der Waals surface area contributed by atoms with Crippen molar-refractivity contribution >= 4 is 0 Å². The molecule has 1 aromatic carbocycles. The third kappa shape index (κ3) is 4.36. The highest BCUT2D eigenvalue weighted by atomic mass is 16.5. The molecule has 0 aliphatic rings. The summed E-state index contributed by atoms with van der Waals surface area (Å²) < 4.78 is 10.5. The third-order valence-electron chi connectivity index (χ3n) is 2.90. The van der Waals surface area contributed by atoms with Crippen molar-refractivity contribution in [3.63, 3.8) is 0 Å². The molecule has 0 fully saturated rings. The van der Waals surface area contributed by atoms with Crippen molar-refractivity contribution in [3.05, 3.63) is 29.8 Å². The van der Waals surface area contributed by atoms with Crippen LogP contribution in [-0.2, 0) is 11.3 Å². The first kappa shape index (κ1) is 14.0. The molecule has 96 valence electrons. The normalized spacial score (nSPS) is 12.8. The van der Waals surface area contributed by atoms with Crippen LogP contribution in [0.25, 0.3) is 0 Å². The Hall–Kier alpha value is -1.06. The van der Waals surface area contributed by atoms with Crippen LogP contribution in [0.4, 0.5) is 0 Å². The molecule has 1 atom stereocenters. The van der Waals surface area contributed by atoms with E-state index in [0.717, 1.165) is 18.9 Å². The predicted octanol–water partition coefficient (Wildman–Crippen LogP) is 2.46. The summed E-state index contributed by atoms with van der Waals surface area (Å²) >= 11 is 0. The van der Waals surface area contributed by atoms with Crippen molar-refractivity contribution in [1.29, 1.82) is 0 Å². The van der Waals surface area contributed by atoms with Gasteiger partial charge in [0.25, 0.3) is 0 Å². The quantitative estimate of drug-likeness (QED) is 0.790. The Morgan fingerprint density at radius 2 is 1.88 bits per heavy atom. The molecule has 0 amide bonds. The molecule has 0 aliphatic carbocycles. The smallest absolute Gasteiger partial charge is 0.123 e. The van der Waals surface area contributed by atoms with Gasteiger partial charge in [-0.05, 0) is 12.0 Å². The molecule has 1 aromatic rings. The van der Waals surface area contributed by atoms with E-state index in [1.807, 2.05) is 18.2 Å². The second-order valence-electron chi connectivity index (χ2n) is 4.50. The molecule has 3 nitrogen and oxygen atoms in total.